The summed E-state index contributed by atoms with van der Waals surface area (Å²) in [5.41, 5.74) is 1.06. The van der Waals surface area contributed by atoms with Gasteiger partial charge >= 0.3 is 18.0 Å². The first kappa shape index (κ1) is 28.2. The molecule has 192 valence electrons. The number of rotatable bonds is 13. The first-order chi connectivity index (χ1) is 17.2. The topological polar surface area (TPSA) is 171 Å². The predicted molar refractivity (Wildman–Crippen MR) is 131 cm³/mol. The van der Waals surface area contributed by atoms with E-state index in [1.54, 1.807) is 48.5 Å². The van der Waals surface area contributed by atoms with E-state index in [1.807, 2.05) is 0 Å². The summed E-state index contributed by atoms with van der Waals surface area (Å²) in [7, 11) is 0. The van der Waals surface area contributed by atoms with E-state index in [-0.39, 0.29) is 25.2 Å². The third-order valence-corrected chi connectivity index (χ3v) is 5.33. The van der Waals surface area contributed by atoms with Crippen LogP contribution in [0.4, 0.5) is 4.79 Å². The molecule has 2 aromatic rings. The molecule has 0 aromatic heterocycles. The number of hydrogen-bond donors (Lipinski definition) is 6. The fraction of sp³-hybridized carbons (Fsp3) is 0.292. The molecule has 2 aromatic carbocycles. The van der Waals surface area contributed by atoms with E-state index < -0.39 is 48.0 Å². The Morgan fingerprint density at radius 2 is 1.42 bits per heavy atom. The van der Waals surface area contributed by atoms with Crippen molar-refractivity contribution >= 4 is 42.5 Å². The summed E-state index contributed by atoms with van der Waals surface area (Å²) in [6.45, 7) is -0.0570. The van der Waals surface area contributed by atoms with Crippen molar-refractivity contribution in [1.82, 2.24) is 16.0 Å². The number of amides is 3. The van der Waals surface area contributed by atoms with E-state index in [1.165, 1.54) is 12.1 Å². The molecule has 0 radical (unpaired) electrons. The lowest BCUT2D eigenvalue weighted by Gasteiger charge is -2.21. The highest BCUT2D eigenvalue weighted by Gasteiger charge is 2.28. The van der Waals surface area contributed by atoms with Gasteiger partial charge in [-0.25, -0.2) is 14.4 Å². The van der Waals surface area contributed by atoms with Crippen LogP contribution in [0.2, 0.25) is 0 Å². The van der Waals surface area contributed by atoms with Crippen LogP contribution in [0.25, 0.3) is 0 Å². The molecule has 3 amide bonds. The summed E-state index contributed by atoms with van der Waals surface area (Å²) in [6.07, 6.45) is -1.57. The van der Waals surface area contributed by atoms with Gasteiger partial charge in [0, 0.05) is 12.2 Å². The molecule has 0 bridgehead atoms. The number of carboxylic acid groups (broad SMARTS) is 2. The minimum absolute atomic E-state index is 0.0570. The molecule has 11 nitrogen and oxygen atoms in total. The minimum Gasteiger partial charge on any atom is -0.480 e. The van der Waals surface area contributed by atoms with Crippen LogP contribution in [0.5, 0.6) is 0 Å². The summed E-state index contributed by atoms with van der Waals surface area (Å²) in [5.74, 6) is -4.23. The summed E-state index contributed by atoms with van der Waals surface area (Å²) < 4.78 is 5.00. The molecule has 12 heteroatoms. The Hall–Kier alpha value is -4.06. The third-order valence-electron chi connectivity index (χ3n) is 4.96. The van der Waals surface area contributed by atoms with Gasteiger partial charge in [0.15, 0.2) is 6.04 Å². The zero-order valence-corrected chi connectivity index (χ0v) is 20.0. The highest BCUT2D eigenvalue weighted by atomic mass is 32.1. The van der Waals surface area contributed by atoms with Crippen LogP contribution < -0.4 is 16.0 Å². The number of thiol groups is 1. The zero-order chi connectivity index (χ0) is 26.5. The van der Waals surface area contributed by atoms with Crippen LogP contribution in [0.1, 0.15) is 30.0 Å². The summed E-state index contributed by atoms with van der Waals surface area (Å²) in [4.78, 5) is 60.0. The average molecular weight is 518 g/mol. The molecule has 1 unspecified atom stereocenters. The Morgan fingerprint density at radius 3 is 1.97 bits per heavy atom. The van der Waals surface area contributed by atoms with Crippen molar-refractivity contribution in [2.24, 2.45) is 0 Å². The molecule has 2 rings (SSSR count). The summed E-state index contributed by atoms with van der Waals surface area (Å²) in [5, 5.41) is 25.8. The molecule has 0 saturated carbocycles. The minimum atomic E-state index is -1.41. The number of benzene rings is 2. The number of aliphatic carboxylic acids is 2. The van der Waals surface area contributed by atoms with Gasteiger partial charge in [0.1, 0.15) is 18.7 Å². The van der Waals surface area contributed by atoms with E-state index in [0.29, 0.717) is 11.1 Å². The number of hydrogen-bond acceptors (Lipinski definition) is 7. The third kappa shape index (κ3) is 9.29. The van der Waals surface area contributed by atoms with Crippen LogP contribution in [0.15, 0.2) is 60.7 Å². The average Bonchev–Trinajstić information content (AvgIpc) is 2.87. The molecule has 0 spiro atoms. The second-order valence-corrected chi connectivity index (χ2v) is 7.99. The van der Waals surface area contributed by atoms with Crippen LogP contribution in [-0.2, 0) is 30.5 Å². The van der Waals surface area contributed by atoms with Crippen LogP contribution in [0, 0.1) is 0 Å². The lowest BCUT2D eigenvalue weighted by molar-refractivity contribution is -0.142. The standard InChI is InChI=1S/C24H27N3O8S/c28-19(12-11-17(22(30)31)26-24(34)35-13-15-7-3-1-4-8-15)25-18(14-36)21(29)27-20(23(32)33)16-9-5-2-6-10-16/h1-10,17-18,20,36H,11-14H2,(H,25,28)(H,26,34)(H,27,29)(H,30,31)(H,32,33)/t17-,18-,20?/m0/s1. The SMILES string of the molecule is O=C(CC[C@H](NC(=O)OCc1ccccc1)C(=O)O)N[C@@H](CS)C(=O)NC(C(=O)O)c1ccccc1. The predicted octanol–water partition coefficient (Wildman–Crippen LogP) is 1.50. The Balaban J connectivity index is 1.87. The Bertz CT molecular complexity index is 1050. The van der Waals surface area contributed by atoms with E-state index >= 15 is 0 Å². The highest BCUT2D eigenvalue weighted by Crippen LogP contribution is 2.13. The molecule has 5 N–H and O–H groups in total. The molecule has 0 saturated heterocycles. The number of alkyl carbamates (subject to hydrolysis) is 1. The van der Waals surface area contributed by atoms with Gasteiger partial charge in [0.2, 0.25) is 11.8 Å². The van der Waals surface area contributed by atoms with Gasteiger partial charge in [-0.1, -0.05) is 60.7 Å². The quantitative estimate of drug-likeness (QED) is 0.217. The van der Waals surface area contributed by atoms with Crippen molar-refractivity contribution in [2.45, 2.75) is 37.6 Å². The number of carbonyl (C=O) groups is 5. The molecule has 0 aliphatic heterocycles. The lowest BCUT2D eigenvalue weighted by Crippen LogP contribution is -2.50. The van der Waals surface area contributed by atoms with Crippen LogP contribution in [-0.4, -0.2) is 57.9 Å². The number of carboxylic acids is 2. The lowest BCUT2D eigenvalue weighted by atomic mass is 10.1. The molecule has 0 fully saturated rings. The second-order valence-electron chi connectivity index (χ2n) is 7.63. The van der Waals surface area contributed by atoms with Gasteiger partial charge in [-0.15, -0.1) is 0 Å². The van der Waals surface area contributed by atoms with Gasteiger partial charge in [-0.2, -0.15) is 12.6 Å². The molecular weight excluding hydrogens is 490 g/mol. The first-order valence-electron chi connectivity index (χ1n) is 10.9. The largest absolute Gasteiger partial charge is 0.480 e. The molecule has 0 heterocycles. The Kier molecular flexibility index (Phi) is 11.2. The number of ether oxygens (including phenoxy) is 1. The maximum atomic E-state index is 12.6. The van der Waals surface area contributed by atoms with Gasteiger partial charge < -0.3 is 30.9 Å². The Labute approximate surface area is 212 Å². The Morgan fingerprint density at radius 1 is 0.806 bits per heavy atom. The normalized spacial score (nSPS) is 12.9. The van der Waals surface area contributed by atoms with Crippen LogP contribution >= 0.6 is 12.6 Å². The number of carbonyl (C=O) groups excluding carboxylic acids is 3. The fourth-order valence-electron chi connectivity index (χ4n) is 3.08. The maximum Gasteiger partial charge on any atom is 0.408 e. The van der Waals surface area contributed by atoms with Gasteiger partial charge in [0.05, 0.1) is 0 Å². The molecule has 3 atom stereocenters. The van der Waals surface area contributed by atoms with Crippen molar-refractivity contribution in [1.29, 1.82) is 0 Å². The van der Waals surface area contributed by atoms with E-state index in [9.17, 15) is 34.2 Å². The van der Waals surface area contributed by atoms with Crippen LogP contribution in [0.3, 0.4) is 0 Å². The van der Waals surface area contributed by atoms with Gasteiger partial charge in [-0.3, -0.25) is 9.59 Å². The maximum absolute atomic E-state index is 12.6. The van der Waals surface area contributed by atoms with E-state index in [4.69, 9.17) is 4.74 Å². The fourth-order valence-corrected chi connectivity index (χ4v) is 3.33. The van der Waals surface area contributed by atoms with Crippen molar-refractivity contribution in [3.05, 3.63) is 71.8 Å². The number of nitrogens with one attached hydrogen (secondary N) is 3. The smallest absolute Gasteiger partial charge is 0.408 e. The van der Waals surface area contributed by atoms with Crippen molar-refractivity contribution in [3.63, 3.8) is 0 Å². The molecule has 0 aliphatic rings. The second kappa shape index (κ2) is 14.4. The first-order valence-corrected chi connectivity index (χ1v) is 11.5. The van der Waals surface area contributed by atoms with Crippen molar-refractivity contribution in [3.8, 4) is 0 Å². The van der Waals surface area contributed by atoms with E-state index in [2.05, 4.69) is 28.6 Å². The molecule has 36 heavy (non-hydrogen) atoms. The van der Waals surface area contributed by atoms with Crippen molar-refractivity contribution < 1.29 is 38.9 Å². The van der Waals surface area contributed by atoms with Gasteiger partial charge in [-0.05, 0) is 17.5 Å². The summed E-state index contributed by atoms with van der Waals surface area (Å²) in [6, 6.07) is 12.9. The highest BCUT2D eigenvalue weighted by molar-refractivity contribution is 7.80. The van der Waals surface area contributed by atoms with Crippen molar-refractivity contribution in [2.75, 3.05) is 5.75 Å². The molecule has 0 aliphatic carbocycles. The monoisotopic (exact) mass is 517 g/mol. The molecular formula is C24H27N3O8S. The van der Waals surface area contributed by atoms with E-state index in [0.717, 1.165) is 0 Å². The summed E-state index contributed by atoms with van der Waals surface area (Å²) >= 11 is 4.04. The van der Waals surface area contributed by atoms with Gasteiger partial charge in [0.25, 0.3) is 0 Å². The zero-order valence-electron chi connectivity index (χ0n) is 19.1.